The maximum atomic E-state index is 11.1. The molecule has 5 heteroatoms. The third kappa shape index (κ3) is 1.94. The molecule has 3 atom stereocenters. The first kappa shape index (κ1) is 11.1. The molecule has 0 aromatic carbocycles. The number of hydrogen-bond donors (Lipinski definition) is 1. The van der Waals surface area contributed by atoms with E-state index in [-0.39, 0.29) is 11.8 Å². The smallest absolute Gasteiger partial charge is 0.307 e. The van der Waals surface area contributed by atoms with Crippen molar-refractivity contribution >= 4 is 5.97 Å². The number of carboxylic acids is 1. The van der Waals surface area contributed by atoms with Crippen molar-refractivity contribution in [3.63, 3.8) is 0 Å². The van der Waals surface area contributed by atoms with E-state index >= 15 is 0 Å². The van der Waals surface area contributed by atoms with Crippen LogP contribution in [0.5, 0.6) is 0 Å². The lowest BCUT2D eigenvalue weighted by Gasteiger charge is -2.09. The molecule has 1 fully saturated rings. The topological polar surface area (TPSA) is 76.2 Å². The Kier molecular flexibility index (Phi) is 2.94. The summed E-state index contributed by atoms with van der Waals surface area (Å²) in [5.41, 5.74) is 0. The summed E-state index contributed by atoms with van der Waals surface area (Å²) in [7, 11) is 0. The quantitative estimate of drug-likeness (QED) is 0.847. The fourth-order valence-corrected chi connectivity index (χ4v) is 2.40. The lowest BCUT2D eigenvalue weighted by molar-refractivity contribution is -0.142. The second kappa shape index (κ2) is 4.23. The lowest BCUT2D eigenvalue weighted by Crippen LogP contribution is -2.17. The van der Waals surface area contributed by atoms with Gasteiger partial charge < -0.3 is 9.63 Å². The molecule has 0 bridgehead atoms. The third-order valence-electron chi connectivity index (χ3n) is 3.23. The maximum Gasteiger partial charge on any atom is 0.307 e. The van der Waals surface area contributed by atoms with E-state index in [1.165, 1.54) is 0 Å². The molecule has 16 heavy (non-hydrogen) atoms. The average molecular weight is 224 g/mol. The van der Waals surface area contributed by atoms with Crippen molar-refractivity contribution in [1.82, 2.24) is 10.1 Å². The highest BCUT2D eigenvalue weighted by Gasteiger charge is 2.40. The molecule has 0 radical (unpaired) electrons. The van der Waals surface area contributed by atoms with Crippen LogP contribution in [0.15, 0.2) is 4.52 Å². The molecule has 0 aliphatic heterocycles. The van der Waals surface area contributed by atoms with Gasteiger partial charge in [-0.1, -0.05) is 19.0 Å². The van der Waals surface area contributed by atoms with Gasteiger partial charge in [0.2, 0.25) is 5.89 Å². The number of aryl methyl sites for hydroxylation is 1. The highest BCUT2D eigenvalue weighted by atomic mass is 16.5. The zero-order chi connectivity index (χ0) is 11.7. The summed E-state index contributed by atoms with van der Waals surface area (Å²) in [5, 5.41) is 13.0. The van der Waals surface area contributed by atoms with Crippen molar-refractivity contribution in [3.8, 4) is 0 Å². The Morgan fingerprint density at radius 2 is 2.31 bits per heavy atom. The normalized spacial score (nSPS) is 29.5. The lowest BCUT2D eigenvalue weighted by atomic mass is 9.96. The van der Waals surface area contributed by atoms with Gasteiger partial charge in [-0.2, -0.15) is 4.98 Å². The van der Waals surface area contributed by atoms with Gasteiger partial charge in [0.05, 0.1) is 11.8 Å². The van der Waals surface area contributed by atoms with Crippen LogP contribution < -0.4 is 0 Å². The molecule has 1 aliphatic carbocycles. The predicted octanol–water partition coefficient (Wildman–Crippen LogP) is 1.85. The van der Waals surface area contributed by atoms with E-state index in [4.69, 9.17) is 9.63 Å². The number of carboxylic acid groups (broad SMARTS) is 1. The molecule has 0 saturated heterocycles. The van der Waals surface area contributed by atoms with Crippen LogP contribution in [0.25, 0.3) is 0 Å². The predicted molar refractivity (Wildman–Crippen MR) is 55.9 cm³/mol. The number of aromatic nitrogens is 2. The molecule has 1 heterocycles. The highest BCUT2D eigenvalue weighted by molar-refractivity contribution is 5.71. The molecule has 1 saturated carbocycles. The zero-order valence-electron chi connectivity index (χ0n) is 9.51. The van der Waals surface area contributed by atoms with Gasteiger partial charge in [-0.15, -0.1) is 0 Å². The number of hydrogen-bond acceptors (Lipinski definition) is 4. The summed E-state index contributed by atoms with van der Waals surface area (Å²) in [6.07, 6.45) is 2.23. The molecule has 2 rings (SSSR count). The fraction of sp³-hybridized carbons (Fsp3) is 0.727. The van der Waals surface area contributed by atoms with Crippen molar-refractivity contribution in [3.05, 3.63) is 11.7 Å². The van der Waals surface area contributed by atoms with Crippen molar-refractivity contribution in [2.75, 3.05) is 0 Å². The molecule has 1 aliphatic rings. The Hall–Kier alpha value is -1.39. The van der Waals surface area contributed by atoms with Gasteiger partial charge in [0, 0.05) is 6.42 Å². The second-order valence-corrected chi connectivity index (χ2v) is 4.53. The molecule has 3 unspecified atom stereocenters. The van der Waals surface area contributed by atoms with Crippen molar-refractivity contribution in [2.24, 2.45) is 11.8 Å². The van der Waals surface area contributed by atoms with E-state index in [9.17, 15) is 4.79 Å². The minimum absolute atomic E-state index is 0.111. The van der Waals surface area contributed by atoms with Gasteiger partial charge in [0.1, 0.15) is 0 Å². The molecule has 1 aromatic heterocycles. The highest BCUT2D eigenvalue weighted by Crippen LogP contribution is 2.42. The van der Waals surface area contributed by atoms with E-state index in [0.29, 0.717) is 30.5 Å². The third-order valence-corrected chi connectivity index (χ3v) is 3.23. The first-order chi connectivity index (χ1) is 7.61. The maximum absolute atomic E-state index is 11.1. The molecule has 5 nitrogen and oxygen atoms in total. The van der Waals surface area contributed by atoms with E-state index < -0.39 is 5.97 Å². The fourth-order valence-electron chi connectivity index (χ4n) is 2.40. The van der Waals surface area contributed by atoms with Crippen LogP contribution in [-0.2, 0) is 11.2 Å². The van der Waals surface area contributed by atoms with Gasteiger partial charge in [-0.05, 0) is 18.8 Å². The standard InChI is InChI=1S/C11H16N2O3/c1-3-9-12-10(16-13-9)7-4-6(2)5-8(7)11(14)15/h6-8H,3-5H2,1-2H3,(H,14,15). The summed E-state index contributed by atoms with van der Waals surface area (Å²) in [6, 6.07) is 0. The van der Waals surface area contributed by atoms with Gasteiger partial charge in [0.25, 0.3) is 0 Å². The molecule has 0 amide bonds. The molecule has 88 valence electrons. The van der Waals surface area contributed by atoms with Crippen LogP contribution in [0, 0.1) is 11.8 Å². The number of aliphatic carboxylic acids is 1. The minimum Gasteiger partial charge on any atom is -0.481 e. The number of nitrogens with zero attached hydrogens (tertiary/aromatic N) is 2. The SMILES string of the molecule is CCc1noc(C2CC(C)CC2C(=O)O)n1. The minimum atomic E-state index is -0.759. The molecular formula is C11H16N2O3. The average Bonchev–Trinajstić information content (AvgIpc) is 2.82. The van der Waals surface area contributed by atoms with Gasteiger partial charge in [0.15, 0.2) is 5.82 Å². The summed E-state index contributed by atoms with van der Waals surface area (Å²) >= 11 is 0. The van der Waals surface area contributed by atoms with Gasteiger partial charge in [-0.25, -0.2) is 0 Å². The summed E-state index contributed by atoms with van der Waals surface area (Å²) in [4.78, 5) is 15.4. The Bertz CT molecular complexity index is 388. The van der Waals surface area contributed by atoms with Crippen LogP contribution >= 0.6 is 0 Å². The zero-order valence-corrected chi connectivity index (χ0v) is 9.51. The van der Waals surface area contributed by atoms with E-state index in [0.717, 1.165) is 6.42 Å². The van der Waals surface area contributed by atoms with E-state index in [1.807, 2.05) is 6.92 Å². The molecular weight excluding hydrogens is 208 g/mol. The van der Waals surface area contributed by atoms with Crippen molar-refractivity contribution < 1.29 is 14.4 Å². The summed E-state index contributed by atoms with van der Waals surface area (Å²) < 4.78 is 5.14. The van der Waals surface area contributed by atoms with Crippen molar-refractivity contribution in [2.45, 2.75) is 39.0 Å². The van der Waals surface area contributed by atoms with Gasteiger partial charge in [-0.3, -0.25) is 4.79 Å². The summed E-state index contributed by atoms with van der Waals surface area (Å²) in [6.45, 7) is 4.01. The Balaban J connectivity index is 2.21. The Morgan fingerprint density at radius 1 is 1.56 bits per heavy atom. The second-order valence-electron chi connectivity index (χ2n) is 4.53. The number of carbonyl (C=O) groups is 1. The van der Waals surface area contributed by atoms with Crippen LogP contribution in [0.2, 0.25) is 0 Å². The summed E-state index contributed by atoms with van der Waals surface area (Å²) in [5.74, 6) is 0.307. The van der Waals surface area contributed by atoms with E-state index in [1.54, 1.807) is 0 Å². The van der Waals surface area contributed by atoms with Crippen LogP contribution in [-0.4, -0.2) is 21.2 Å². The molecule has 0 spiro atoms. The molecule has 1 aromatic rings. The van der Waals surface area contributed by atoms with Crippen LogP contribution in [0.4, 0.5) is 0 Å². The first-order valence-electron chi connectivity index (χ1n) is 5.67. The first-order valence-corrected chi connectivity index (χ1v) is 5.67. The Labute approximate surface area is 93.9 Å². The van der Waals surface area contributed by atoms with Crippen LogP contribution in [0.1, 0.15) is 44.3 Å². The van der Waals surface area contributed by atoms with Crippen LogP contribution in [0.3, 0.4) is 0 Å². The number of rotatable bonds is 3. The van der Waals surface area contributed by atoms with Gasteiger partial charge >= 0.3 is 5.97 Å². The van der Waals surface area contributed by atoms with Crippen molar-refractivity contribution in [1.29, 1.82) is 0 Å². The van der Waals surface area contributed by atoms with E-state index in [2.05, 4.69) is 17.1 Å². The largest absolute Gasteiger partial charge is 0.481 e. The molecule has 1 N–H and O–H groups in total. The monoisotopic (exact) mass is 224 g/mol. The Morgan fingerprint density at radius 3 is 2.88 bits per heavy atom.